The second-order valence-corrected chi connectivity index (χ2v) is 8.50. The molecular weight excluding hydrogens is 438 g/mol. The van der Waals surface area contributed by atoms with Gasteiger partial charge in [0.1, 0.15) is 5.75 Å². The Morgan fingerprint density at radius 1 is 0.879 bits per heavy atom. The predicted molar refractivity (Wildman–Crippen MR) is 131 cm³/mol. The van der Waals surface area contributed by atoms with Crippen LogP contribution in [0.3, 0.4) is 0 Å². The molecule has 0 saturated carbocycles. The maximum Gasteiger partial charge on any atom is 0.349 e. The standard InChI is InChI=1S/C27H28ClNO4/c1-4-32-26(31)27(2,3)33-24-15-11-21(12-16-24)20-7-5-19(6-8-20)17-18-29-25(30)22-9-13-23(28)14-10-22/h5-16H,4,17-18H2,1-3H3,(H,29,30). The molecule has 0 bridgehead atoms. The molecule has 0 fully saturated rings. The van der Waals surface area contributed by atoms with Gasteiger partial charge in [-0.25, -0.2) is 4.79 Å². The molecule has 3 aromatic rings. The molecule has 0 unspecified atom stereocenters. The van der Waals surface area contributed by atoms with Crippen molar-refractivity contribution in [3.05, 3.63) is 88.9 Å². The van der Waals surface area contributed by atoms with Crippen molar-refractivity contribution in [1.29, 1.82) is 0 Å². The first-order valence-electron chi connectivity index (χ1n) is 10.9. The number of rotatable bonds is 9. The third-order valence-electron chi connectivity index (χ3n) is 5.09. The van der Waals surface area contributed by atoms with Gasteiger partial charge in [0.15, 0.2) is 5.60 Å². The lowest BCUT2D eigenvalue weighted by atomic mass is 10.0. The van der Waals surface area contributed by atoms with Crippen LogP contribution in [0.25, 0.3) is 11.1 Å². The molecule has 1 N–H and O–H groups in total. The number of hydrogen-bond acceptors (Lipinski definition) is 4. The fraction of sp³-hybridized carbons (Fsp3) is 0.259. The number of esters is 1. The van der Waals surface area contributed by atoms with Crippen LogP contribution in [-0.2, 0) is 16.0 Å². The van der Waals surface area contributed by atoms with Crippen molar-refractivity contribution in [2.75, 3.05) is 13.2 Å². The molecule has 0 aliphatic heterocycles. The Balaban J connectivity index is 1.53. The molecule has 3 rings (SSSR count). The lowest BCUT2D eigenvalue weighted by Gasteiger charge is -2.24. The highest BCUT2D eigenvalue weighted by molar-refractivity contribution is 6.30. The van der Waals surface area contributed by atoms with E-state index in [-0.39, 0.29) is 5.91 Å². The molecule has 6 heteroatoms. The summed E-state index contributed by atoms with van der Waals surface area (Å²) in [5, 5.41) is 3.53. The summed E-state index contributed by atoms with van der Waals surface area (Å²) in [5.41, 5.74) is 2.78. The van der Waals surface area contributed by atoms with E-state index in [0.717, 1.165) is 23.1 Å². The van der Waals surface area contributed by atoms with E-state index in [9.17, 15) is 9.59 Å². The van der Waals surface area contributed by atoms with Gasteiger partial charge in [0.25, 0.3) is 5.91 Å². The zero-order valence-electron chi connectivity index (χ0n) is 19.1. The largest absolute Gasteiger partial charge is 0.476 e. The highest BCUT2D eigenvalue weighted by Crippen LogP contribution is 2.25. The molecule has 0 heterocycles. The van der Waals surface area contributed by atoms with Crippen LogP contribution in [-0.4, -0.2) is 30.6 Å². The Morgan fingerprint density at radius 2 is 1.45 bits per heavy atom. The van der Waals surface area contributed by atoms with Gasteiger partial charge in [0.05, 0.1) is 6.61 Å². The van der Waals surface area contributed by atoms with E-state index in [1.54, 1.807) is 45.0 Å². The van der Waals surface area contributed by atoms with Crippen molar-refractivity contribution in [2.24, 2.45) is 0 Å². The summed E-state index contributed by atoms with van der Waals surface area (Å²) in [5.74, 6) is 0.0932. The van der Waals surface area contributed by atoms with Crippen LogP contribution in [0, 0.1) is 0 Å². The first kappa shape index (κ1) is 24.3. The second kappa shape index (κ2) is 11.0. The number of carbonyl (C=O) groups excluding carboxylic acids is 2. The molecule has 3 aromatic carbocycles. The normalized spacial score (nSPS) is 11.0. The summed E-state index contributed by atoms with van der Waals surface area (Å²) in [6, 6.07) is 22.6. The smallest absolute Gasteiger partial charge is 0.349 e. The van der Waals surface area contributed by atoms with E-state index in [2.05, 4.69) is 29.6 Å². The van der Waals surface area contributed by atoms with Gasteiger partial charge < -0.3 is 14.8 Å². The van der Waals surface area contributed by atoms with E-state index in [1.807, 2.05) is 24.3 Å². The van der Waals surface area contributed by atoms with Crippen LogP contribution in [0.5, 0.6) is 5.75 Å². The third kappa shape index (κ3) is 6.83. The molecule has 0 aliphatic carbocycles. The van der Waals surface area contributed by atoms with Crippen LogP contribution in [0.2, 0.25) is 5.02 Å². The predicted octanol–water partition coefficient (Wildman–Crippen LogP) is 5.70. The minimum atomic E-state index is -1.05. The summed E-state index contributed by atoms with van der Waals surface area (Å²) >= 11 is 5.86. The van der Waals surface area contributed by atoms with Gasteiger partial charge in [0.2, 0.25) is 0 Å². The fourth-order valence-corrected chi connectivity index (χ4v) is 3.37. The quantitative estimate of drug-likeness (QED) is 0.412. The van der Waals surface area contributed by atoms with Gasteiger partial charge in [-0.05, 0) is 80.3 Å². The number of benzene rings is 3. The monoisotopic (exact) mass is 465 g/mol. The van der Waals surface area contributed by atoms with Crippen LogP contribution < -0.4 is 10.1 Å². The first-order valence-corrected chi connectivity index (χ1v) is 11.3. The average Bonchev–Trinajstić information content (AvgIpc) is 2.80. The SMILES string of the molecule is CCOC(=O)C(C)(C)Oc1ccc(-c2ccc(CCNC(=O)c3ccc(Cl)cc3)cc2)cc1. The summed E-state index contributed by atoms with van der Waals surface area (Å²) in [7, 11) is 0. The van der Waals surface area contributed by atoms with Gasteiger partial charge in [-0.15, -0.1) is 0 Å². The molecule has 0 radical (unpaired) electrons. The highest BCUT2D eigenvalue weighted by atomic mass is 35.5. The molecule has 0 spiro atoms. The number of hydrogen-bond donors (Lipinski definition) is 1. The molecular formula is C27H28ClNO4. The van der Waals surface area contributed by atoms with Crippen LogP contribution >= 0.6 is 11.6 Å². The van der Waals surface area contributed by atoms with Gasteiger partial charge >= 0.3 is 5.97 Å². The Bertz CT molecular complexity index is 1070. The van der Waals surface area contributed by atoms with E-state index < -0.39 is 11.6 Å². The Kier molecular flexibility index (Phi) is 8.12. The summed E-state index contributed by atoms with van der Waals surface area (Å²) in [4.78, 5) is 24.2. The van der Waals surface area contributed by atoms with Crippen LogP contribution in [0.4, 0.5) is 0 Å². The van der Waals surface area contributed by atoms with E-state index >= 15 is 0 Å². The van der Waals surface area contributed by atoms with Crippen molar-refractivity contribution in [2.45, 2.75) is 32.8 Å². The molecule has 0 saturated heterocycles. The topological polar surface area (TPSA) is 64.6 Å². The van der Waals surface area contributed by atoms with Crippen LogP contribution in [0.1, 0.15) is 36.7 Å². The molecule has 0 aromatic heterocycles. The fourth-order valence-electron chi connectivity index (χ4n) is 3.24. The minimum absolute atomic E-state index is 0.114. The minimum Gasteiger partial charge on any atom is -0.476 e. The van der Waals surface area contributed by atoms with E-state index in [4.69, 9.17) is 21.1 Å². The zero-order chi connectivity index (χ0) is 23.8. The van der Waals surface area contributed by atoms with Crippen LogP contribution in [0.15, 0.2) is 72.8 Å². The van der Waals surface area contributed by atoms with Crippen molar-refractivity contribution in [1.82, 2.24) is 5.32 Å². The lowest BCUT2D eigenvalue weighted by molar-refractivity contribution is -0.158. The molecule has 0 aliphatic rings. The number of nitrogens with one attached hydrogen (secondary N) is 1. The van der Waals surface area contributed by atoms with Gasteiger partial charge in [-0.2, -0.15) is 0 Å². The van der Waals surface area contributed by atoms with Gasteiger partial charge in [-0.3, -0.25) is 4.79 Å². The zero-order valence-corrected chi connectivity index (χ0v) is 19.8. The number of ether oxygens (including phenoxy) is 2. The Morgan fingerprint density at radius 3 is 2.03 bits per heavy atom. The van der Waals surface area contributed by atoms with Gasteiger partial charge in [-0.1, -0.05) is 48.0 Å². The molecule has 1 amide bonds. The number of carbonyl (C=O) groups is 2. The maximum absolute atomic E-state index is 12.2. The van der Waals surface area contributed by atoms with Crippen molar-refractivity contribution < 1.29 is 19.1 Å². The Hall–Kier alpha value is -3.31. The molecule has 5 nitrogen and oxygen atoms in total. The third-order valence-corrected chi connectivity index (χ3v) is 5.34. The Labute approximate surface area is 199 Å². The summed E-state index contributed by atoms with van der Waals surface area (Å²) in [6.45, 7) is 6.01. The first-order chi connectivity index (χ1) is 15.8. The van der Waals surface area contributed by atoms with Crippen molar-refractivity contribution >= 4 is 23.5 Å². The van der Waals surface area contributed by atoms with Crippen molar-refractivity contribution in [3.8, 4) is 16.9 Å². The maximum atomic E-state index is 12.2. The molecule has 172 valence electrons. The molecule has 0 atom stereocenters. The average molecular weight is 466 g/mol. The number of halogens is 1. The molecule has 33 heavy (non-hydrogen) atoms. The van der Waals surface area contributed by atoms with Gasteiger partial charge in [0, 0.05) is 17.1 Å². The summed E-state index contributed by atoms with van der Waals surface area (Å²) < 4.78 is 10.9. The van der Waals surface area contributed by atoms with E-state index in [1.165, 1.54) is 0 Å². The van der Waals surface area contributed by atoms with Crippen molar-refractivity contribution in [3.63, 3.8) is 0 Å². The van der Waals surface area contributed by atoms with E-state index in [0.29, 0.717) is 29.5 Å². The highest BCUT2D eigenvalue weighted by Gasteiger charge is 2.31. The second-order valence-electron chi connectivity index (χ2n) is 8.07. The lowest BCUT2D eigenvalue weighted by Crippen LogP contribution is -2.39. The number of amides is 1. The summed E-state index contributed by atoms with van der Waals surface area (Å²) in [6.07, 6.45) is 0.731.